The number of hydrogen-bond acceptors (Lipinski definition) is 3. The number of ketones is 1. The van der Waals surface area contributed by atoms with Crippen LogP contribution in [0.5, 0.6) is 0 Å². The fourth-order valence-corrected chi connectivity index (χ4v) is 1.79. The first-order chi connectivity index (χ1) is 8.74. The molecule has 0 heterocycles. The summed E-state index contributed by atoms with van der Waals surface area (Å²) in [6.07, 6.45) is 0. The summed E-state index contributed by atoms with van der Waals surface area (Å²) in [6, 6.07) is 13.8. The van der Waals surface area contributed by atoms with Crippen LogP contribution in [-0.4, -0.2) is 16.0 Å². The Hall–Kier alpha value is -1.97. The molecule has 0 radical (unpaired) electrons. The van der Waals surface area contributed by atoms with Crippen LogP contribution in [-0.2, 0) is 13.2 Å². The minimum atomic E-state index is -0.111. The molecule has 0 atom stereocenters. The van der Waals surface area contributed by atoms with Gasteiger partial charge in [0.25, 0.3) is 0 Å². The smallest absolute Gasteiger partial charge is 0.193 e. The van der Waals surface area contributed by atoms with Gasteiger partial charge in [0.15, 0.2) is 5.78 Å². The highest BCUT2D eigenvalue weighted by molar-refractivity contribution is 6.09. The Kier molecular flexibility index (Phi) is 3.87. The highest BCUT2D eigenvalue weighted by Crippen LogP contribution is 2.13. The fourth-order valence-electron chi connectivity index (χ4n) is 1.79. The van der Waals surface area contributed by atoms with E-state index in [4.69, 9.17) is 10.2 Å². The minimum Gasteiger partial charge on any atom is -0.392 e. The lowest BCUT2D eigenvalue weighted by Crippen LogP contribution is -2.02. The first-order valence-electron chi connectivity index (χ1n) is 5.69. The summed E-state index contributed by atoms with van der Waals surface area (Å²) in [6.45, 7) is -0.171. The molecule has 0 saturated heterocycles. The van der Waals surface area contributed by atoms with Crippen molar-refractivity contribution in [3.8, 4) is 0 Å². The van der Waals surface area contributed by atoms with E-state index in [0.29, 0.717) is 22.3 Å². The Morgan fingerprint density at radius 3 is 1.67 bits per heavy atom. The number of aliphatic hydroxyl groups excluding tert-OH is 2. The van der Waals surface area contributed by atoms with Gasteiger partial charge in [-0.05, 0) is 23.3 Å². The third-order valence-corrected chi connectivity index (χ3v) is 2.74. The Labute approximate surface area is 105 Å². The maximum Gasteiger partial charge on any atom is 0.193 e. The molecular formula is C15H14O3. The predicted molar refractivity (Wildman–Crippen MR) is 68.2 cm³/mol. The summed E-state index contributed by atoms with van der Waals surface area (Å²) < 4.78 is 0. The summed E-state index contributed by atoms with van der Waals surface area (Å²) in [5.41, 5.74) is 2.49. The zero-order valence-electron chi connectivity index (χ0n) is 9.84. The van der Waals surface area contributed by atoms with E-state index in [2.05, 4.69) is 0 Å². The summed E-state index contributed by atoms with van der Waals surface area (Å²) in [7, 11) is 0. The lowest BCUT2D eigenvalue weighted by molar-refractivity contribution is 0.103. The van der Waals surface area contributed by atoms with Gasteiger partial charge in [0.05, 0.1) is 13.2 Å². The summed E-state index contributed by atoms with van der Waals surface area (Å²) >= 11 is 0. The lowest BCUT2D eigenvalue weighted by atomic mass is 10.00. The van der Waals surface area contributed by atoms with Crippen LogP contribution < -0.4 is 0 Å². The van der Waals surface area contributed by atoms with Gasteiger partial charge in [-0.15, -0.1) is 0 Å². The minimum absolute atomic E-state index is 0.0855. The van der Waals surface area contributed by atoms with Crippen molar-refractivity contribution in [1.29, 1.82) is 0 Å². The van der Waals surface area contributed by atoms with Crippen molar-refractivity contribution in [3.05, 3.63) is 70.8 Å². The molecule has 2 aromatic rings. The molecular weight excluding hydrogens is 228 g/mol. The van der Waals surface area contributed by atoms with E-state index < -0.39 is 0 Å². The molecule has 0 spiro atoms. The second-order valence-electron chi connectivity index (χ2n) is 4.05. The molecule has 0 unspecified atom stereocenters. The Morgan fingerprint density at radius 1 is 0.833 bits per heavy atom. The number of carbonyl (C=O) groups is 1. The number of benzene rings is 2. The maximum absolute atomic E-state index is 12.2. The molecule has 0 fully saturated rings. The molecule has 3 nitrogen and oxygen atoms in total. The quantitative estimate of drug-likeness (QED) is 0.805. The van der Waals surface area contributed by atoms with Gasteiger partial charge in [0.2, 0.25) is 0 Å². The molecule has 92 valence electrons. The standard InChI is InChI=1S/C15H14O3/c16-9-11-3-1-5-13(7-11)15(18)14-6-2-4-12(8-14)10-17/h1-8,16-17H,9-10H2. The molecule has 2 N–H and O–H groups in total. The first-order valence-corrected chi connectivity index (χ1v) is 5.69. The number of aliphatic hydroxyl groups is 2. The second kappa shape index (κ2) is 5.58. The first kappa shape index (κ1) is 12.5. The average Bonchev–Trinajstić information content (AvgIpc) is 2.46. The van der Waals surface area contributed by atoms with E-state index >= 15 is 0 Å². The van der Waals surface area contributed by atoms with Crippen molar-refractivity contribution in [2.45, 2.75) is 13.2 Å². The summed E-state index contributed by atoms with van der Waals surface area (Å²) in [5, 5.41) is 18.1. The molecule has 0 aliphatic rings. The van der Waals surface area contributed by atoms with Crippen LogP contribution in [0.3, 0.4) is 0 Å². The van der Waals surface area contributed by atoms with Gasteiger partial charge in [-0.25, -0.2) is 0 Å². The van der Waals surface area contributed by atoms with Crippen LogP contribution in [0.1, 0.15) is 27.0 Å². The van der Waals surface area contributed by atoms with E-state index in [1.807, 2.05) is 0 Å². The number of hydrogen-bond donors (Lipinski definition) is 2. The largest absolute Gasteiger partial charge is 0.392 e. The van der Waals surface area contributed by atoms with E-state index in [-0.39, 0.29) is 19.0 Å². The highest BCUT2D eigenvalue weighted by atomic mass is 16.3. The van der Waals surface area contributed by atoms with Gasteiger partial charge in [0, 0.05) is 11.1 Å². The number of rotatable bonds is 4. The van der Waals surface area contributed by atoms with Crippen molar-refractivity contribution in [3.63, 3.8) is 0 Å². The van der Waals surface area contributed by atoms with Crippen molar-refractivity contribution in [2.75, 3.05) is 0 Å². The van der Waals surface area contributed by atoms with Crippen molar-refractivity contribution in [1.82, 2.24) is 0 Å². The van der Waals surface area contributed by atoms with Gasteiger partial charge in [-0.3, -0.25) is 4.79 Å². The third kappa shape index (κ3) is 2.64. The zero-order valence-corrected chi connectivity index (χ0v) is 9.84. The van der Waals surface area contributed by atoms with Gasteiger partial charge < -0.3 is 10.2 Å². The van der Waals surface area contributed by atoms with Crippen LogP contribution in [0.4, 0.5) is 0 Å². The molecule has 2 aromatic carbocycles. The van der Waals surface area contributed by atoms with Crippen LogP contribution in [0, 0.1) is 0 Å². The maximum atomic E-state index is 12.2. The lowest BCUT2D eigenvalue weighted by Gasteiger charge is -2.04. The molecule has 3 heteroatoms. The highest BCUT2D eigenvalue weighted by Gasteiger charge is 2.09. The fraction of sp³-hybridized carbons (Fsp3) is 0.133. The van der Waals surface area contributed by atoms with Crippen LogP contribution >= 0.6 is 0 Å². The van der Waals surface area contributed by atoms with E-state index in [9.17, 15) is 4.79 Å². The summed E-state index contributed by atoms with van der Waals surface area (Å²) in [5.74, 6) is -0.111. The van der Waals surface area contributed by atoms with Crippen molar-refractivity contribution < 1.29 is 15.0 Å². The molecule has 0 aliphatic carbocycles. The molecule has 0 aromatic heterocycles. The molecule has 0 amide bonds. The Balaban J connectivity index is 2.34. The van der Waals surface area contributed by atoms with Crippen LogP contribution in [0.2, 0.25) is 0 Å². The van der Waals surface area contributed by atoms with Gasteiger partial charge in [-0.1, -0.05) is 36.4 Å². The molecule has 18 heavy (non-hydrogen) atoms. The topological polar surface area (TPSA) is 57.5 Å². The Morgan fingerprint density at radius 2 is 1.28 bits per heavy atom. The van der Waals surface area contributed by atoms with Crippen molar-refractivity contribution >= 4 is 5.78 Å². The van der Waals surface area contributed by atoms with Crippen LogP contribution in [0.25, 0.3) is 0 Å². The molecule has 2 rings (SSSR count). The SMILES string of the molecule is O=C(c1cccc(CO)c1)c1cccc(CO)c1. The third-order valence-electron chi connectivity index (χ3n) is 2.74. The second-order valence-corrected chi connectivity index (χ2v) is 4.05. The molecule has 0 bridgehead atoms. The normalized spacial score (nSPS) is 10.3. The van der Waals surface area contributed by atoms with E-state index in [1.54, 1.807) is 48.5 Å². The van der Waals surface area contributed by atoms with Gasteiger partial charge >= 0.3 is 0 Å². The van der Waals surface area contributed by atoms with E-state index in [0.717, 1.165) is 0 Å². The number of carbonyl (C=O) groups excluding carboxylic acids is 1. The predicted octanol–water partition coefficient (Wildman–Crippen LogP) is 1.90. The van der Waals surface area contributed by atoms with Gasteiger partial charge in [-0.2, -0.15) is 0 Å². The zero-order chi connectivity index (χ0) is 13.0. The average molecular weight is 242 g/mol. The molecule has 0 aliphatic heterocycles. The molecule has 0 saturated carbocycles. The Bertz CT molecular complexity index is 512. The monoisotopic (exact) mass is 242 g/mol. The van der Waals surface area contributed by atoms with Gasteiger partial charge in [0.1, 0.15) is 0 Å². The van der Waals surface area contributed by atoms with E-state index in [1.165, 1.54) is 0 Å². The van der Waals surface area contributed by atoms with Crippen LogP contribution in [0.15, 0.2) is 48.5 Å². The summed E-state index contributed by atoms with van der Waals surface area (Å²) in [4.78, 5) is 12.2. The van der Waals surface area contributed by atoms with Crippen molar-refractivity contribution in [2.24, 2.45) is 0 Å².